The molecule has 0 spiro atoms. The number of primary amides is 1. The lowest BCUT2D eigenvalue weighted by Gasteiger charge is -2.11. The molecular weight excluding hydrogens is 234 g/mol. The van der Waals surface area contributed by atoms with Crippen LogP contribution in [0.4, 0.5) is 5.82 Å². The van der Waals surface area contributed by atoms with Gasteiger partial charge in [-0.15, -0.1) is 0 Å². The molecule has 1 aromatic rings. The largest absolute Gasteiger partial charge is 0.478 e. The molecule has 0 saturated carbocycles. The first-order valence-electron chi connectivity index (χ1n) is 4.37. The molecule has 1 unspecified atom stereocenters. The number of nitrogens with zero attached hydrogens (tertiary/aromatic N) is 1. The van der Waals surface area contributed by atoms with E-state index >= 15 is 0 Å². The summed E-state index contributed by atoms with van der Waals surface area (Å²) in [5.41, 5.74) is 5.03. The first kappa shape index (κ1) is 12.3. The molecule has 6 nitrogen and oxygen atoms in total. The fourth-order valence-electron chi connectivity index (χ4n) is 0.987. The minimum Gasteiger partial charge on any atom is -0.478 e. The van der Waals surface area contributed by atoms with Gasteiger partial charge in [0.15, 0.2) is 0 Å². The Hall–Kier alpha value is -1.82. The minimum absolute atomic E-state index is 0.0147. The number of carbonyl (C=O) groups excluding carboxylic acids is 1. The van der Waals surface area contributed by atoms with Crippen LogP contribution < -0.4 is 11.1 Å². The molecule has 1 rings (SSSR count). The van der Waals surface area contributed by atoms with Crippen molar-refractivity contribution in [2.24, 2.45) is 5.73 Å². The molecule has 1 atom stereocenters. The highest BCUT2D eigenvalue weighted by molar-refractivity contribution is 6.29. The van der Waals surface area contributed by atoms with Crippen LogP contribution in [0.1, 0.15) is 17.3 Å². The van der Waals surface area contributed by atoms with Crippen molar-refractivity contribution in [2.45, 2.75) is 13.0 Å². The van der Waals surface area contributed by atoms with Crippen LogP contribution in [0.25, 0.3) is 0 Å². The number of hydrogen-bond acceptors (Lipinski definition) is 4. The van der Waals surface area contributed by atoms with E-state index in [1.165, 1.54) is 19.1 Å². The highest BCUT2D eigenvalue weighted by Gasteiger charge is 2.12. The predicted molar refractivity (Wildman–Crippen MR) is 58.5 cm³/mol. The van der Waals surface area contributed by atoms with Crippen LogP contribution in [0.2, 0.25) is 5.15 Å². The number of carbonyl (C=O) groups is 2. The molecule has 1 amide bonds. The fraction of sp³-hybridized carbons (Fsp3) is 0.222. The fourth-order valence-corrected chi connectivity index (χ4v) is 1.20. The zero-order chi connectivity index (χ0) is 12.3. The van der Waals surface area contributed by atoms with Gasteiger partial charge in [-0.1, -0.05) is 11.6 Å². The molecule has 0 aliphatic rings. The highest BCUT2D eigenvalue weighted by Crippen LogP contribution is 2.15. The molecule has 1 aromatic heterocycles. The van der Waals surface area contributed by atoms with Gasteiger partial charge in [-0.25, -0.2) is 9.78 Å². The van der Waals surface area contributed by atoms with Crippen LogP contribution in [0.3, 0.4) is 0 Å². The number of nitrogens with one attached hydrogen (secondary N) is 1. The van der Waals surface area contributed by atoms with Gasteiger partial charge in [0.05, 0.1) is 5.56 Å². The second-order valence-corrected chi connectivity index (χ2v) is 3.52. The van der Waals surface area contributed by atoms with Crippen LogP contribution in [-0.4, -0.2) is 28.0 Å². The van der Waals surface area contributed by atoms with Crippen molar-refractivity contribution in [3.8, 4) is 0 Å². The Kier molecular flexibility index (Phi) is 3.68. The van der Waals surface area contributed by atoms with E-state index < -0.39 is 17.9 Å². The lowest BCUT2D eigenvalue weighted by molar-refractivity contribution is -0.118. The summed E-state index contributed by atoms with van der Waals surface area (Å²) in [6.07, 6.45) is 0. The lowest BCUT2D eigenvalue weighted by Crippen LogP contribution is -2.32. The SMILES string of the molecule is CC(Nc1cc(C(=O)O)cc(Cl)n1)C(N)=O. The number of aromatic carboxylic acids is 1. The summed E-state index contributed by atoms with van der Waals surface area (Å²) in [5.74, 6) is -1.51. The van der Waals surface area contributed by atoms with E-state index in [1.54, 1.807) is 0 Å². The zero-order valence-corrected chi connectivity index (χ0v) is 9.15. The topological polar surface area (TPSA) is 105 Å². The molecule has 16 heavy (non-hydrogen) atoms. The van der Waals surface area contributed by atoms with Crippen LogP contribution in [0, 0.1) is 0 Å². The predicted octanol–water partition coefficient (Wildman–Crippen LogP) is 0.719. The zero-order valence-electron chi connectivity index (χ0n) is 8.40. The average molecular weight is 244 g/mol. The lowest BCUT2D eigenvalue weighted by atomic mass is 10.2. The van der Waals surface area contributed by atoms with E-state index in [-0.39, 0.29) is 16.5 Å². The van der Waals surface area contributed by atoms with Gasteiger partial charge in [0.1, 0.15) is 17.0 Å². The number of halogens is 1. The van der Waals surface area contributed by atoms with E-state index in [4.69, 9.17) is 22.4 Å². The van der Waals surface area contributed by atoms with E-state index in [9.17, 15) is 9.59 Å². The van der Waals surface area contributed by atoms with Crippen molar-refractivity contribution in [1.82, 2.24) is 4.98 Å². The molecule has 0 aromatic carbocycles. The molecule has 0 aliphatic carbocycles. The van der Waals surface area contributed by atoms with E-state index in [1.807, 2.05) is 0 Å². The first-order chi connectivity index (χ1) is 7.40. The molecule has 0 saturated heterocycles. The molecule has 86 valence electrons. The molecular formula is C9H10ClN3O3. The second kappa shape index (κ2) is 4.80. The summed E-state index contributed by atoms with van der Waals surface area (Å²) in [4.78, 5) is 25.3. The number of rotatable bonds is 4. The van der Waals surface area contributed by atoms with Crippen molar-refractivity contribution >= 4 is 29.3 Å². The van der Waals surface area contributed by atoms with Crippen molar-refractivity contribution < 1.29 is 14.7 Å². The van der Waals surface area contributed by atoms with Crippen molar-refractivity contribution in [3.63, 3.8) is 0 Å². The summed E-state index contributed by atoms with van der Waals surface area (Å²) in [6.45, 7) is 1.53. The van der Waals surface area contributed by atoms with E-state index in [0.717, 1.165) is 0 Å². The molecule has 0 aliphatic heterocycles. The maximum atomic E-state index is 10.8. The normalized spacial score (nSPS) is 11.9. The van der Waals surface area contributed by atoms with Gasteiger partial charge in [-0.05, 0) is 19.1 Å². The number of hydrogen-bond donors (Lipinski definition) is 3. The third-order valence-corrected chi connectivity index (χ3v) is 2.03. The summed E-state index contributed by atoms with van der Waals surface area (Å²) < 4.78 is 0. The maximum Gasteiger partial charge on any atom is 0.335 e. The maximum absolute atomic E-state index is 10.8. The Morgan fingerprint density at radius 2 is 2.19 bits per heavy atom. The van der Waals surface area contributed by atoms with Crippen molar-refractivity contribution in [2.75, 3.05) is 5.32 Å². The Morgan fingerprint density at radius 1 is 1.56 bits per heavy atom. The van der Waals surface area contributed by atoms with Gasteiger partial charge < -0.3 is 16.2 Å². The smallest absolute Gasteiger partial charge is 0.335 e. The van der Waals surface area contributed by atoms with Crippen LogP contribution in [-0.2, 0) is 4.79 Å². The summed E-state index contributed by atoms with van der Waals surface area (Å²) >= 11 is 5.63. The number of pyridine rings is 1. The van der Waals surface area contributed by atoms with Gasteiger partial charge in [0.2, 0.25) is 5.91 Å². The monoisotopic (exact) mass is 243 g/mol. The molecule has 0 fully saturated rings. The Bertz CT molecular complexity index is 436. The van der Waals surface area contributed by atoms with E-state index in [2.05, 4.69) is 10.3 Å². The summed E-state index contributed by atoms with van der Waals surface area (Å²) in [6, 6.07) is 1.82. The quantitative estimate of drug-likeness (QED) is 0.676. The second-order valence-electron chi connectivity index (χ2n) is 3.14. The van der Waals surface area contributed by atoms with Crippen molar-refractivity contribution in [1.29, 1.82) is 0 Å². The number of aromatic nitrogens is 1. The Labute approximate surface area is 96.4 Å². The van der Waals surface area contributed by atoms with Gasteiger partial charge >= 0.3 is 5.97 Å². The minimum atomic E-state index is -1.13. The van der Waals surface area contributed by atoms with Crippen LogP contribution in [0.5, 0.6) is 0 Å². The van der Waals surface area contributed by atoms with Crippen LogP contribution in [0.15, 0.2) is 12.1 Å². The molecule has 0 bridgehead atoms. The number of amides is 1. The standard InChI is InChI=1S/C9H10ClN3O3/c1-4(8(11)14)12-7-3-5(9(15)16)2-6(10)13-7/h2-4H,1H3,(H2,11,14)(H,12,13)(H,15,16). The molecule has 7 heteroatoms. The van der Waals surface area contributed by atoms with Gasteiger partial charge in [-0.3, -0.25) is 4.79 Å². The third-order valence-electron chi connectivity index (χ3n) is 1.83. The van der Waals surface area contributed by atoms with Gasteiger partial charge in [0.25, 0.3) is 0 Å². The number of nitrogens with two attached hydrogens (primary N) is 1. The average Bonchev–Trinajstić information content (AvgIpc) is 2.16. The third kappa shape index (κ3) is 3.09. The number of carboxylic acids is 1. The first-order valence-corrected chi connectivity index (χ1v) is 4.74. The molecule has 0 radical (unpaired) electrons. The molecule has 4 N–H and O–H groups in total. The summed E-state index contributed by atoms with van der Waals surface area (Å²) in [5, 5.41) is 11.4. The van der Waals surface area contributed by atoms with Crippen LogP contribution >= 0.6 is 11.6 Å². The number of anilines is 1. The Balaban J connectivity index is 2.97. The van der Waals surface area contributed by atoms with E-state index in [0.29, 0.717) is 0 Å². The van der Waals surface area contributed by atoms with Gasteiger partial charge in [0, 0.05) is 0 Å². The molecule has 1 heterocycles. The highest BCUT2D eigenvalue weighted by atomic mass is 35.5. The Morgan fingerprint density at radius 3 is 2.69 bits per heavy atom. The number of carboxylic acid groups (broad SMARTS) is 1. The summed E-state index contributed by atoms with van der Waals surface area (Å²) in [7, 11) is 0. The van der Waals surface area contributed by atoms with Crippen molar-refractivity contribution in [3.05, 3.63) is 22.8 Å². The van der Waals surface area contributed by atoms with Gasteiger partial charge in [-0.2, -0.15) is 0 Å².